The number of hydrogen-bond donors (Lipinski definition) is 1. The van der Waals surface area contributed by atoms with Gasteiger partial charge in [-0.25, -0.2) is 0 Å². The Morgan fingerprint density at radius 3 is 3.12 bits per heavy atom. The maximum atomic E-state index is 8.61. The van der Waals surface area contributed by atoms with Crippen molar-refractivity contribution in [2.45, 2.75) is 31.9 Å². The van der Waals surface area contributed by atoms with Crippen molar-refractivity contribution in [3.63, 3.8) is 0 Å². The molecular weight excluding hydrogens is 236 g/mol. The summed E-state index contributed by atoms with van der Waals surface area (Å²) in [5, 5.41) is 10.7. The summed E-state index contributed by atoms with van der Waals surface area (Å²) >= 11 is 3.77. The average molecular weight is 254 g/mol. The Hall–Kier alpha value is -0.430. The zero-order valence-electron chi connectivity index (χ0n) is 9.66. The predicted molar refractivity (Wildman–Crippen MR) is 74.0 cm³/mol. The van der Waals surface area contributed by atoms with Gasteiger partial charge in [0.15, 0.2) is 0 Å². The summed E-state index contributed by atoms with van der Waals surface area (Å²) in [7, 11) is 0. The van der Waals surface area contributed by atoms with Crippen LogP contribution in [0.5, 0.6) is 0 Å². The van der Waals surface area contributed by atoms with E-state index in [4.69, 9.17) is 5.11 Å². The van der Waals surface area contributed by atoms with Crippen molar-refractivity contribution in [2.75, 3.05) is 12.4 Å². The molecule has 3 heteroatoms. The Labute approximate surface area is 106 Å². The fraction of sp³-hybridized carbons (Fsp3) is 0.538. The van der Waals surface area contributed by atoms with E-state index in [1.54, 1.807) is 11.3 Å². The van der Waals surface area contributed by atoms with Crippen LogP contribution in [0.25, 0.3) is 0 Å². The number of thiophene rings is 1. The van der Waals surface area contributed by atoms with Gasteiger partial charge < -0.3 is 5.11 Å². The Kier molecular flexibility index (Phi) is 7.41. The minimum absolute atomic E-state index is 0.150. The lowest BCUT2D eigenvalue weighted by molar-refractivity contribution is 0.305. The van der Waals surface area contributed by atoms with E-state index in [0.717, 1.165) is 11.3 Å². The first-order valence-electron chi connectivity index (χ1n) is 5.61. The van der Waals surface area contributed by atoms with Gasteiger partial charge in [0.2, 0.25) is 0 Å². The molecule has 88 valence electrons. The zero-order chi connectivity index (χ0) is 11.6. The average Bonchev–Trinajstić information content (AvgIpc) is 2.73. The number of thioether (sulfide) groups is 1. The van der Waals surface area contributed by atoms with Crippen molar-refractivity contribution < 1.29 is 5.11 Å². The molecule has 0 aliphatic rings. The summed E-state index contributed by atoms with van der Waals surface area (Å²) in [6, 6.07) is 2.16. The Balaban J connectivity index is 2.31. The van der Waals surface area contributed by atoms with Crippen LogP contribution in [0.1, 0.15) is 36.6 Å². The molecule has 0 amide bonds. The number of aliphatic hydroxyl groups is 1. The molecule has 0 aliphatic heterocycles. The fourth-order valence-electron chi connectivity index (χ4n) is 1.16. The first-order chi connectivity index (χ1) is 7.86. The topological polar surface area (TPSA) is 20.2 Å². The third-order valence-corrected chi connectivity index (χ3v) is 4.22. The van der Waals surface area contributed by atoms with Crippen molar-refractivity contribution in [2.24, 2.45) is 0 Å². The van der Waals surface area contributed by atoms with Gasteiger partial charge in [0.05, 0.1) is 6.61 Å². The van der Waals surface area contributed by atoms with Gasteiger partial charge in [-0.3, -0.25) is 0 Å². The molecule has 1 nitrogen and oxygen atoms in total. The lowest BCUT2D eigenvalue weighted by Crippen LogP contribution is -1.79. The molecule has 0 saturated heterocycles. The molecule has 0 unspecified atom stereocenters. The third kappa shape index (κ3) is 5.60. The standard InChI is InChI=1S/C13H18OS2/c1-2-3-8-15-11-13-9-12(10-16-13)6-4-5-7-14/h9-10,14H,2-3,5,7-8,11H2,1H3. The van der Waals surface area contributed by atoms with E-state index >= 15 is 0 Å². The molecule has 16 heavy (non-hydrogen) atoms. The van der Waals surface area contributed by atoms with Crippen LogP contribution >= 0.6 is 23.1 Å². The molecule has 0 radical (unpaired) electrons. The van der Waals surface area contributed by atoms with Gasteiger partial charge in [0.25, 0.3) is 0 Å². The van der Waals surface area contributed by atoms with E-state index in [1.807, 2.05) is 11.8 Å². The lowest BCUT2D eigenvalue weighted by atomic mass is 10.3. The normalized spacial score (nSPS) is 9.88. The largest absolute Gasteiger partial charge is 0.395 e. The summed E-state index contributed by atoms with van der Waals surface area (Å²) < 4.78 is 0. The van der Waals surface area contributed by atoms with Gasteiger partial charge in [-0.2, -0.15) is 11.8 Å². The molecule has 0 bridgehead atoms. The van der Waals surface area contributed by atoms with Crippen LogP contribution < -0.4 is 0 Å². The Bertz CT molecular complexity index is 346. The Morgan fingerprint density at radius 1 is 1.50 bits per heavy atom. The first-order valence-corrected chi connectivity index (χ1v) is 7.65. The second kappa shape index (κ2) is 8.69. The van der Waals surface area contributed by atoms with E-state index in [-0.39, 0.29) is 6.61 Å². The molecule has 0 fully saturated rings. The lowest BCUT2D eigenvalue weighted by Gasteiger charge is -1.96. The highest BCUT2D eigenvalue weighted by atomic mass is 32.2. The number of hydrogen-bond acceptors (Lipinski definition) is 3. The van der Waals surface area contributed by atoms with Crippen molar-refractivity contribution in [1.82, 2.24) is 0 Å². The molecule has 1 aromatic heterocycles. The third-order valence-electron chi connectivity index (χ3n) is 2.01. The molecule has 0 saturated carbocycles. The van der Waals surface area contributed by atoms with Gasteiger partial charge >= 0.3 is 0 Å². The van der Waals surface area contributed by atoms with Crippen LogP contribution in [0.15, 0.2) is 11.4 Å². The van der Waals surface area contributed by atoms with E-state index in [1.165, 1.54) is 23.5 Å². The first kappa shape index (κ1) is 13.6. The summed E-state index contributed by atoms with van der Waals surface area (Å²) in [5.74, 6) is 8.35. The second-order valence-corrected chi connectivity index (χ2v) is 5.58. The summed E-state index contributed by atoms with van der Waals surface area (Å²) in [5.41, 5.74) is 1.09. The van der Waals surface area contributed by atoms with Crippen LogP contribution in [0.4, 0.5) is 0 Å². The quantitative estimate of drug-likeness (QED) is 0.619. The summed E-state index contributed by atoms with van der Waals surface area (Å²) in [4.78, 5) is 1.40. The van der Waals surface area contributed by atoms with Crippen LogP contribution in [0, 0.1) is 11.8 Å². The molecule has 1 heterocycles. The SMILES string of the molecule is CCCCSCc1cc(C#CCCO)cs1. The van der Waals surface area contributed by atoms with Crippen LogP contribution in [0.2, 0.25) is 0 Å². The highest BCUT2D eigenvalue weighted by Crippen LogP contribution is 2.20. The van der Waals surface area contributed by atoms with Gasteiger partial charge in [0.1, 0.15) is 0 Å². The number of unbranched alkanes of at least 4 members (excludes halogenated alkanes) is 1. The minimum atomic E-state index is 0.150. The van der Waals surface area contributed by atoms with Gasteiger partial charge in [-0.05, 0) is 18.2 Å². The monoisotopic (exact) mass is 254 g/mol. The van der Waals surface area contributed by atoms with E-state index in [9.17, 15) is 0 Å². The van der Waals surface area contributed by atoms with Crippen molar-refractivity contribution in [1.29, 1.82) is 0 Å². The second-order valence-electron chi connectivity index (χ2n) is 3.48. The smallest absolute Gasteiger partial charge is 0.0540 e. The molecule has 0 aromatic carbocycles. The predicted octanol–water partition coefficient (Wildman–Crippen LogP) is 3.52. The maximum Gasteiger partial charge on any atom is 0.0540 e. The highest BCUT2D eigenvalue weighted by Gasteiger charge is 1.97. The molecular formula is C13H18OS2. The zero-order valence-corrected chi connectivity index (χ0v) is 11.3. The fourth-order valence-corrected chi connectivity index (χ4v) is 3.21. The van der Waals surface area contributed by atoms with Crippen molar-refractivity contribution >= 4 is 23.1 Å². The van der Waals surface area contributed by atoms with E-state index < -0.39 is 0 Å². The van der Waals surface area contributed by atoms with Crippen LogP contribution in [-0.4, -0.2) is 17.5 Å². The molecule has 0 atom stereocenters. The summed E-state index contributed by atoms with van der Waals surface area (Å²) in [6.45, 7) is 2.37. The van der Waals surface area contributed by atoms with Crippen LogP contribution in [-0.2, 0) is 5.75 Å². The maximum absolute atomic E-state index is 8.61. The van der Waals surface area contributed by atoms with Gasteiger partial charge in [-0.1, -0.05) is 25.2 Å². The Morgan fingerprint density at radius 2 is 2.38 bits per heavy atom. The van der Waals surface area contributed by atoms with Crippen molar-refractivity contribution in [3.8, 4) is 11.8 Å². The van der Waals surface area contributed by atoms with Crippen LogP contribution in [0.3, 0.4) is 0 Å². The van der Waals surface area contributed by atoms with Gasteiger partial charge in [-0.15, -0.1) is 11.3 Å². The number of rotatable bonds is 6. The molecule has 1 N–H and O–H groups in total. The molecule has 0 aliphatic carbocycles. The molecule has 1 aromatic rings. The molecule has 0 spiro atoms. The minimum Gasteiger partial charge on any atom is -0.395 e. The van der Waals surface area contributed by atoms with E-state index in [0.29, 0.717) is 6.42 Å². The van der Waals surface area contributed by atoms with E-state index in [2.05, 4.69) is 30.2 Å². The number of aliphatic hydroxyl groups excluding tert-OH is 1. The molecule has 1 rings (SSSR count). The highest BCUT2D eigenvalue weighted by molar-refractivity contribution is 7.98. The van der Waals surface area contributed by atoms with Crippen molar-refractivity contribution in [3.05, 3.63) is 21.9 Å². The van der Waals surface area contributed by atoms with Gasteiger partial charge in [0, 0.05) is 28.0 Å². The summed E-state index contributed by atoms with van der Waals surface area (Å²) in [6.07, 6.45) is 3.14.